The van der Waals surface area contributed by atoms with Crippen LogP contribution in [0.5, 0.6) is 0 Å². The van der Waals surface area contributed by atoms with Crippen LogP contribution in [-0.4, -0.2) is 13.7 Å². The largest absolute Gasteiger partial charge is 0.321 e. The van der Waals surface area contributed by atoms with Gasteiger partial charge in [0, 0.05) is 52.7 Å². The van der Waals surface area contributed by atoms with Crippen LogP contribution in [0.15, 0.2) is 287 Å². The van der Waals surface area contributed by atoms with Gasteiger partial charge in [0.2, 0.25) is 0 Å². The molecule has 9 aliphatic rings. The minimum Gasteiger partial charge on any atom is -0.321 e. The van der Waals surface area contributed by atoms with Gasteiger partial charge in [0.25, 0.3) is 0 Å². The highest BCUT2D eigenvalue weighted by Crippen LogP contribution is 2.42. The van der Waals surface area contributed by atoms with E-state index in [9.17, 15) is 0 Å². The van der Waals surface area contributed by atoms with E-state index < -0.39 is 0 Å². The van der Waals surface area contributed by atoms with Crippen molar-refractivity contribution in [2.24, 2.45) is 0 Å². The van der Waals surface area contributed by atoms with Crippen LogP contribution in [-0.2, 0) is 0 Å². The van der Waals surface area contributed by atoms with Gasteiger partial charge in [-0.25, -0.2) is 0 Å². The molecule has 9 aliphatic carbocycles. The highest BCUT2D eigenvalue weighted by molar-refractivity contribution is 5.93. The third-order valence-electron chi connectivity index (χ3n) is 20.8. The summed E-state index contributed by atoms with van der Waals surface area (Å²) in [6, 6.07) is 40.8. The molecule has 0 spiro atoms. The van der Waals surface area contributed by atoms with Crippen LogP contribution in [0.2, 0.25) is 0 Å². The van der Waals surface area contributed by atoms with E-state index in [0.717, 1.165) is 57.8 Å². The molecule has 16 rings (SSSR count). The van der Waals surface area contributed by atoms with Gasteiger partial charge in [0.05, 0.1) is 0 Å². The van der Waals surface area contributed by atoms with Crippen LogP contribution in [0.1, 0.15) is 187 Å². The Kier molecular flexibility index (Phi) is 19.0. The van der Waals surface area contributed by atoms with Crippen molar-refractivity contribution in [1.29, 1.82) is 0 Å². The molecule has 0 unspecified atom stereocenters. The van der Waals surface area contributed by atoms with Crippen molar-refractivity contribution in [3.05, 3.63) is 354 Å². The molecule has 0 saturated heterocycles. The van der Waals surface area contributed by atoms with E-state index in [2.05, 4.69) is 334 Å². The Labute approximate surface area is 572 Å². The van der Waals surface area contributed by atoms with Gasteiger partial charge in [-0.2, -0.15) is 0 Å². The average Bonchev–Trinajstić information content (AvgIpc) is 1.63. The van der Waals surface area contributed by atoms with Gasteiger partial charge in [-0.15, -0.1) is 0 Å². The van der Waals surface area contributed by atoms with E-state index >= 15 is 0 Å². The first kappa shape index (κ1) is 64.7. The molecule has 3 heterocycles. The van der Waals surface area contributed by atoms with Crippen LogP contribution < -0.4 is 0 Å². The lowest BCUT2D eigenvalue weighted by Crippen LogP contribution is -2.03. The number of aryl methyl sites for hydroxylation is 3. The van der Waals surface area contributed by atoms with Crippen molar-refractivity contribution in [2.45, 2.75) is 141 Å². The molecule has 3 nitrogen and oxygen atoms in total. The van der Waals surface area contributed by atoms with E-state index in [1.54, 1.807) is 0 Å². The van der Waals surface area contributed by atoms with Crippen LogP contribution in [0.25, 0.3) is 67.2 Å². The van der Waals surface area contributed by atoms with E-state index in [-0.39, 0.29) is 0 Å². The zero-order valence-electron chi connectivity index (χ0n) is 58.7. The van der Waals surface area contributed by atoms with Gasteiger partial charge < -0.3 is 13.7 Å². The fourth-order valence-corrected chi connectivity index (χ4v) is 15.2. The molecule has 7 aromatic rings. The highest BCUT2D eigenvalue weighted by atomic mass is 15.0. The molecular formula is C93H93N3. The molecule has 4 aromatic carbocycles. The lowest BCUT2D eigenvalue weighted by atomic mass is 9.89. The second-order valence-corrected chi connectivity index (χ2v) is 27.6. The van der Waals surface area contributed by atoms with E-state index in [4.69, 9.17) is 0 Å². The number of aromatic nitrogens is 3. The molecule has 0 bridgehead atoms. The van der Waals surface area contributed by atoms with Gasteiger partial charge in [0.15, 0.2) is 0 Å². The van der Waals surface area contributed by atoms with Crippen molar-refractivity contribution in [3.63, 3.8) is 0 Å². The van der Waals surface area contributed by atoms with Gasteiger partial charge in [-0.05, 0) is 384 Å². The highest BCUT2D eigenvalue weighted by Gasteiger charge is 2.22. The summed E-state index contributed by atoms with van der Waals surface area (Å²) in [5, 5.41) is 0. The SMILES string of the molecule is CC1=C(c2cc(C3=C(C)C=CC3)cc(C3=C(C)C=CC3)c2)CC=C1.CC1=C(c2cc(C3=C(C)CC=C3)cc(C3=C(C)CC=C3)c2)C=CC1.CC1=CCC=C1c1cc(C2=CCC=C2C)cc(C2=CCC=C2C)c1.Cc1cccn1-c1cc(-n2cccc2C)cc(-n2cccc2C)c1. The second kappa shape index (κ2) is 28.2. The molecule has 0 fully saturated rings. The summed E-state index contributed by atoms with van der Waals surface area (Å²) < 4.78 is 6.68. The second-order valence-electron chi connectivity index (χ2n) is 27.6. The predicted octanol–water partition coefficient (Wildman–Crippen LogP) is 25.6. The van der Waals surface area contributed by atoms with E-state index in [1.165, 1.54) is 185 Å². The molecule has 0 aliphatic heterocycles. The normalized spacial score (nSPS) is 17.5. The Morgan fingerprint density at radius 1 is 0.260 bits per heavy atom. The van der Waals surface area contributed by atoms with Crippen LogP contribution in [0.4, 0.5) is 0 Å². The van der Waals surface area contributed by atoms with Crippen molar-refractivity contribution in [2.75, 3.05) is 0 Å². The molecule has 3 heteroatoms. The maximum absolute atomic E-state index is 2.40. The third kappa shape index (κ3) is 13.7. The molecule has 3 aromatic heterocycles. The number of allylic oxidation sites excluding steroid dienone is 36. The van der Waals surface area contributed by atoms with Crippen LogP contribution >= 0.6 is 0 Å². The molecular weight excluding hydrogens is 1160 g/mol. The number of hydrogen-bond acceptors (Lipinski definition) is 0. The van der Waals surface area contributed by atoms with Crippen molar-refractivity contribution < 1.29 is 0 Å². The Morgan fingerprint density at radius 2 is 0.521 bits per heavy atom. The summed E-state index contributed by atoms with van der Waals surface area (Å²) in [6.45, 7) is 26.5. The maximum atomic E-state index is 2.40. The summed E-state index contributed by atoms with van der Waals surface area (Å²) in [5.41, 5.74) is 45.2. The van der Waals surface area contributed by atoms with E-state index in [0.29, 0.717) is 0 Å². The minimum absolute atomic E-state index is 1.06. The van der Waals surface area contributed by atoms with Gasteiger partial charge in [-0.1, -0.05) is 126 Å². The lowest BCUT2D eigenvalue weighted by molar-refractivity contribution is 0.956. The summed E-state index contributed by atoms with van der Waals surface area (Å²) in [5.74, 6) is 0. The van der Waals surface area contributed by atoms with Crippen molar-refractivity contribution in [3.8, 4) is 17.1 Å². The predicted molar refractivity (Wildman–Crippen MR) is 415 cm³/mol. The fourth-order valence-electron chi connectivity index (χ4n) is 15.2. The molecule has 0 N–H and O–H groups in total. The van der Waals surface area contributed by atoms with Gasteiger partial charge >= 0.3 is 0 Å². The van der Waals surface area contributed by atoms with E-state index in [1.807, 2.05) is 0 Å². The summed E-state index contributed by atoms with van der Waals surface area (Å²) in [6.07, 6.45) is 57.3. The fraction of sp³-hybridized carbons (Fsp3) is 0.226. The standard InChI is InChI=1S/3C24H24.C21H21N3/c4*1-16-7-4-10-22(16)19-13-20(23-11-5-8-17(23)2)15-21(14-19)24-12-6-9-18(24)3/h7-15H,4-6H2,1-3H3;4-6,10-15H,7-9H2,1-3H3;4-9,13-15H,10-12H2,1-3H3;4-15H,1-3H3. The Morgan fingerprint density at radius 3 is 0.729 bits per heavy atom. The number of rotatable bonds is 12. The Hall–Kier alpha value is -9.96. The maximum Gasteiger partial charge on any atom is 0.0493 e. The van der Waals surface area contributed by atoms with Crippen molar-refractivity contribution in [1.82, 2.24) is 13.7 Å². The first-order valence-corrected chi connectivity index (χ1v) is 34.9. The summed E-state index contributed by atoms with van der Waals surface area (Å²) in [7, 11) is 0. The first-order valence-electron chi connectivity index (χ1n) is 34.9. The number of hydrogen-bond donors (Lipinski definition) is 0. The first-order chi connectivity index (χ1) is 46.5. The Balaban J connectivity index is 0.000000116. The molecule has 0 saturated carbocycles. The quantitative estimate of drug-likeness (QED) is 0.116. The zero-order chi connectivity index (χ0) is 66.7. The summed E-state index contributed by atoms with van der Waals surface area (Å²) in [4.78, 5) is 0. The zero-order valence-corrected chi connectivity index (χ0v) is 58.7. The lowest BCUT2D eigenvalue weighted by Gasteiger charge is -2.16. The third-order valence-corrected chi connectivity index (χ3v) is 20.8. The Bertz CT molecular complexity index is 4330. The van der Waals surface area contributed by atoms with Gasteiger partial charge in [-0.3, -0.25) is 0 Å². The minimum atomic E-state index is 1.06. The molecule has 0 atom stereocenters. The van der Waals surface area contributed by atoms with Crippen LogP contribution in [0, 0.1) is 20.8 Å². The van der Waals surface area contributed by atoms with Gasteiger partial charge in [0.1, 0.15) is 0 Å². The molecule has 480 valence electrons. The molecule has 96 heavy (non-hydrogen) atoms. The monoisotopic (exact) mass is 1250 g/mol. The molecule has 0 amide bonds. The molecule has 0 radical (unpaired) electrons. The van der Waals surface area contributed by atoms with Crippen LogP contribution in [0.3, 0.4) is 0 Å². The number of nitrogens with zero attached hydrogens (tertiary/aromatic N) is 3. The average molecular weight is 1250 g/mol. The topological polar surface area (TPSA) is 14.8 Å². The smallest absolute Gasteiger partial charge is 0.0493 e. The van der Waals surface area contributed by atoms with Crippen molar-refractivity contribution >= 4 is 50.2 Å². The number of benzene rings is 4. The summed E-state index contributed by atoms with van der Waals surface area (Å²) >= 11 is 0.